The zero-order chi connectivity index (χ0) is 14.0. The molecule has 0 aliphatic carbocycles. The molecule has 0 spiro atoms. The van der Waals surface area contributed by atoms with Crippen LogP contribution in [0.3, 0.4) is 0 Å². The van der Waals surface area contributed by atoms with Gasteiger partial charge in [-0.1, -0.05) is 0 Å². The number of rotatable bonds is 5. The average molecular weight is 263 g/mol. The Morgan fingerprint density at radius 3 is 2.47 bits per heavy atom. The summed E-state index contributed by atoms with van der Waals surface area (Å²) >= 11 is 0. The van der Waals surface area contributed by atoms with E-state index in [1.165, 1.54) is 5.56 Å². The van der Waals surface area contributed by atoms with Gasteiger partial charge in [-0.3, -0.25) is 4.68 Å². The highest BCUT2D eigenvalue weighted by Gasteiger charge is 2.20. The maximum atomic E-state index is 5.43. The third kappa shape index (κ3) is 3.20. The molecule has 2 aromatic heterocycles. The number of aryl methyl sites for hydroxylation is 2. The molecule has 0 aromatic carbocycles. The molecule has 0 bridgehead atoms. The van der Waals surface area contributed by atoms with Crippen LogP contribution in [0.15, 0.2) is 16.8 Å². The minimum Gasteiger partial charge on any atom is -0.424 e. The quantitative estimate of drug-likeness (QED) is 0.895. The summed E-state index contributed by atoms with van der Waals surface area (Å²) in [6, 6.07) is 0.511. The van der Waals surface area contributed by atoms with E-state index in [1.807, 2.05) is 30.9 Å². The molecule has 6 heteroatoms. The van der Waals surface area contributed by atoms with E-state index in [1.54, 1.807) is 6.92 Å². The van der Waals surface area contributed by atoms with Crippen LogP contribution in [0.5, 0.6) is 0 Å². The third-order valence-electron chi connectivity index (χ3n) is 3.30. The summed E-state index contributed by atoms with van der Waals surface area (Å²) < 4.78 is 7.40. The van der Waals surface area contributed by atoms with Crippen molar-refractivity contribution in [3.63, 3.8) is 0 Å². The maximum Gasteiger partial charge on any atom is 0.233 e. The van der Waals surface area contributed by atoms with Gasteiger partial charge < -0.3 is 9.73 Å². The molecule has 0 saturated carbocycles. The molecule has 19 heavy (non-hydrogen) atoms. The Morgan fingerprint density at radius 1 is 1.21 bits per heavy atom. The van der Waals surface area contributed by atoms with Gasteiger partial charge in [0.2, 0.25) is 11.8 Å². The molecule has 104 valence electrons. The molecule has 2 rings (SSSR count). The van der Waals surface area contributed by atoms with Crippen LogP contribution in [-0.2, 0) is 0 Å². The Bertz CT molecular complexity index is 533. The van der Waals surface area contributed by atoms with Crippen molar-refractivity contribution in [1.82, 2.24) is 25.3 Å². The second-order valence-electron chi connectivity index (χ2n) is 5.07. The van der Waals surface area contributed by atoms with Gasteiger partial charge in [-0.15, -0.1) is 10.2 Å². The van der Waals surface area contributed by atoms with Crippen molar-refractivity contribution in [2.45, 2.75) is 52.7 Å². The Kier molecular flexibility index (Phi) is 3.99. The van der Waals surface area contributed by atoms with Gasteiger partial charge in [-0.05, 0) is 33.3 Å². The second kappa shape index (κ2) is 5.52. The van der Waals surface area contributed by atoms with Crippen molar-refractivity contribution in [3.8, 4) is 0 Å². The van der Waals surface area contributed by atoms with E-state index in [-0.39, 0.29) is 18.1 Å². The fourth-order valence-electron chi connectivity index (χ4n) is 1.98. The first-order chi connectivity index (χ1) is 8.97. The number of hydrogen-bond donors (Lipinski definition) is 1. The summed E-state index contributed by atoms with van der Waals surface area (Å²) in [6.07, 6.45) is 3.92. The lowest BCUT2D eigenvalue weighted by atomic mass is 10.1. The van der Waals surface area contributed by atoms with Crippen LogP contribution in [0.2, 0.25) is 0 Å². The minimum atomic E-state index is 0.0234. The highest BCUT2D eigenvalue weighted by atomic mass is 16.4. The molecule has 0 aliphatic heterocycles. The van der Waals surface area contributed by atoms with Crippen molar-refractivity contribution in [2.24, 2.45) is 0 Å². The van der Waals surface area contributed by atoms with Crippen LogP contribution < -0.4 is 5.32 Å². The van der Waals surface area contributed by atoms with Crippen LogP contribution in [0.25, 0.3) is 0 Å². The number of nitrogens with zero attached hydrogens (tertiary/aromatic N) is 4. The summed E-state index contributed by atoms with van der Waals surface area (Å²) in [6.45, 7) is 10.1. The molecule has 0 aliphatic rings. The van der Waals surface area contributed by atoms with Crippen LogP contribution in [-0.4, -0.2) is 26.0 Å². The number of hydrogen-bond acceptors (Lipinski definition) is 5. The smallest absolute Gasteiger partial charge is 0.233 e. The van der Waals surface area contributed by atoms with E-state index in [0.717, 1.165) is 0 Å². The Morgan fingerprint density at radius 2 is 1.95 bits per heavy atom. The van der Waals surface area contributed by atoms with E-state index in [4.69, 9.17) is 4.42 Å². The van der Waals surface area contributed by atoms with E-state index >= 15 is 0 Å². The molecule has 0 unspecified atom stereocenters. The Balaban J connectivity index is 1.98. The van der Waals surface area contributed by atoms with Gasteiger partial charge in [0.15, 0.2) is 0 Å². The molecule has 6 nitrogen and oxygen atoms in total. The first-order valence-electron chi connectivity index (χ1n) is 6.54. The summed E-state index contributed by atoms with van der Waals surface area (Å²) in [5.41, 5.74) is 1.17. The fourth-order valence-corrected chi connectivity index (χ4v) is 1.98. The van der Waals surface area contributed by atoms with Crippen molar-refractivity contribution in [2.75, 3.05) is 0 Å². The van der Waals surface area contributed by atoms with E-state index in [0.29, 0.717) is 11.8 Å². The summed E-state index contributed by atoms with van der Waals surface area (Å²) in [5, 5.41) is 15.7. The summed E-state index contributed by atoms with van der Waals surface area (Å²) in [5.74, 6) is 1.21. The first kappa shape index (κ1) is 13.7. The monoisotopic (exact) mass is 263 g/mol. The van der Waals surface area contributed by atoms with Crippen molar-refractivity contribution < 1.29 is 4.42 Å². The van der Waals surface area contributed by atoms with Crippen LogP contribution in [0, 0.1) is 13.8 Å². The lowest BCUT2D eigenvalue weighted by Crippen LogP contribution is -2.35. The van der Waals surface area contributed by atoms with E-state index in [9.17, 15) is 0 Å². The molecule has 3 atom stereocenters. The Labute approximate surface area is 113 Å². The van der Waals surface area contributed by atoms with Crippen molar-refractivity contribution >= 4 is 0 Å². The van der Waals surface area contributed by atoms with Gasteiger partial charge in [0.25, 0.3) is 0 Å². The molecule has 0 amide bonds. The zero-order valence-electron chi connectivity index (χ0n) is 12.1. The molecule has 0 saturated heterocycles. The molecule has 0 fully saturated rings. The second-order valence-corrected chi connectivity index (χ2v) is 5.07. The molecule has 2 heterocycles. The topological polar surface area (TPSA) is 68.8 Å². The Hall–Kier alpha value is -1.69. The largest absolute Gasteiger partial charge is 0.424 e. The van der Waals surface area contributed by atoms with Crippen molar-refractivity contribution in [3.05, 3.63) is 29.7 Å². The van der Waals surface area contributed by atoms with Gasteiger partial charge in [0, 0.05) is 19.2 Å². The normalized spacial score (nSPS) is 16.3. The fraction of sp³-hybridized carbons (Fsp3) is 0.615. The number of aromatic nitrogens is 4. The highest BCUT2D eigenvalue weighted by Crippen LogP contribution is 2.16. The van der Waals surface area contributed by atoms with E-state index in [2.05, 4.69) is 34.5 Å². The molecule has 2 aromatic rings. The summed E-state index contributed by atoms with van der Waals surface area (Å²) in [7, 11) is 0. The zero-order valence-corrected chi connectivity index (χ0v) is 12.1. The van der Waals surface area contributed by atoms with Gasteiger partial charge in [0.1, 0.15) is 0 Å². The lowest BCUT2D eigenvalue weighted by Gasteiger charge is -2.24. The van der Waals surface area contributed by atoms with Gasteiger partial charge >= 0.3 is 0 Å². The average Bonchev–Trinajstić information content (AvgIpc) is 2.97. The van der Waals surface area contributed by atoms with Crippen LogP contribution in [0.4, 0.5) is 0 Å². The van der Waals surface area contributed by atoms with Crippen LogP contribution in [0.1, 0.15) is 50.2 Å². The van der Waals surface area contributed by atoms with Crippen molar-refractivity contribution in [1.29, 1.82) is 0 Å². The lowest BCUT2D eigenvalue weighted by molar-refractivity contribution is 0.313. The van der Waals surface area contributed by atoms with Gasteiger partial charge in [0.05, 0.1) is 18.3 Å². The minimum absolute atomic E-state index is 0.0234. The SMILES string of the molecule is Cc1cnn([C@H](C)[C@@H](C)N[C@@H](C)c2nnc(C)o2)c1. The molecule has 1 N–H and O–H groups in total. The first-order valence-corrected chi connectivity index (χ1v) is 6.54. The van der Waals surface area contributed by atoms with Crippen LogP contribution >= 0.6 is 0 Å². The molecular formula is C13H21N5O. The molecular weight excluding hydrogens is 242 g/mol. The van der Waals surface area contributed by atoms with Gasteiger partial charge in [-0.25, -0.2) is 0 Å². The predicted octanol–water partition coefficient (Wildman–Crippen LogP) is 2.18. The standard InChI is InChI=1S/C13H21N5O/c1-8-6-14-18(7-8)11(4)9(2)15-10(3)13-17-16-12(5)19-13/h6-7,9-11,15H,1-5H3/t9-,10+,11-/m1/s1. The summed E-state index contributed by atoms with van der Waals surface area (Å²) in [4.78, 5) is 0. The predicted molar refractivity (Wildman–Crippen MR) is 71.7 cm³/mol. The van der Waals surface area contributed by atoms with Gasteiger partial charge in [-0.2, -0.15) is 5.10 Å². The maximum absolute atomic E-state index is 5.43. The van der Waals surface area contributed by atoms with E-state index < -0.39 is 0 Å². The molecule has 0 radical (unpaired) electrons. The highest BCUT2D eigenvalue weighted by molar-refractivity contribution is 5.01. The number of nitrogens with one attached hydrogen (secondary N) is 1. The third-order valence-corrected chi connectivity index (χ3v) is 3.30.